The van der Waals surface area contributed by atoms with Crippen LogP contribution in [0, 0.1) is 0 Å². The number of anilines is 1. The summed E-state index contributed by atoms with van der Waals surface area (Å²) in [6.45, 7) is 4.70. The summed E-state index contributed by atoms with van der Waals surface area (Å²) in [4.78, 5) is 0.304. The third kappa shape index (κ3) is 4.15. The minimum Gasteiger partial charge on any atom is -0.389 e. The van der Waals surface area contributed by atoms with Crippen molar-refractivity contribution in [1.29, 1.82) is 0 Å². The highest BCUT2D eigenvalue weighted by Crippen LogP contribution is 2.21. The van der Waals surface area contributed by atoms with Crippen LogP contribution in [0.1, 0.15) is 19.4 Å². The van der Waals surface area contributed by atoms with Crippen LogP contribution in [0.4, 0.5) is 5.69 Å². The Kier molecular flexibility index (Phi) is 4.74. The molecule has 0 unspecified atom stereocenters. The first kappa shape index (κ1) is 14.2. The molecule has 0 spiro atoms. The first-order chi connectivity index (χ1) is 7.85. The van der Waals surface area contributed by atoms with Crippen molar-refractivity contribution < 1.29 is 4.74 Å². The monoisotopic (exact) mass is 272 g/mol. The smallest absolute Gasteiger partial charge is 0.105 e. The first-order valence-electron chi connectivity index (χ1n) is 5.24. The number of rotatable bonds is 5. The summed E-state index contributed by atoms with van der Waals surface area (Å²) in [7, 11) is 1.69. The van der Waals surface area contributed by atoms with Crippen molar-refractivity contribution in [2.75, 3.05) is 19.0 Å². The van der Waals surface area contributed by atoms with E-state index in [2.05, 4.69) is 5.32 Å². The van der Waals surface area contributed by atoms with Crippen LogP contribution in [0.15, 0.2) is 18.2 Å². The summed E-state index contributed by atoms with van der Waals surface area (Å²) in [5, 5.41) is 3.80. The van der Waals surface area contributed by atoms with Gasteiger partial charge in [0.2, 0.25) is 0 Å². The zero-order valence-corrected chi connectivity index (χ0v) is 11.8. The largest absolute Gasteiger partial charge is 0.389 e. The van der Waals surface area contributed by atoms with Crippen LogP contribution in [0.5, 0.6) is 0 Å². The van der Waals surface area contributed by atoms with Gasteiger partial charge in [-0.1, -0.05) is 23.8 Å². The van der Waals surface area contributed by atoms with Gasteiger partial charge < -0.3 is 15.8 Å². The molecule has 1 aromatic rings. The van der Waals surface area contributed by atoms with Gasteiger partial charge in [0.1, 0.15) is 4.99 Å². The van der Waals surface area contributed by atoms with E-state index in [0.29, 0.717) is 22.1 Å². The van der Waals surface area contributed by atoms with Gasteiger partial charge in [-0.25, -0.2) is 0 Å². The van der Waals surface area contributed by atoms with Gasteiger partial charge in [-0.05, 0) is 32.0 Å². The Morgan fingerprint density at radius 2 is 2.18 bits per heavy atom. The zero-order chi connectivity index (χ0) is 13.1. The van der Waals surface area contributed by atoms with E-state index in [9.17, 15) is 0 Å². The molecule has 0 radical (unpaired) electrons. The van der Waals surface area contributed by atoms with Crippen LogP contribution in [-0.4, -0.2) is 24.2 Å². The van der Waals surface area contributed by atoms with Crippen molar-refractivity contribution in [1.82, 2.24) is 0 Å². The average Bonchev–Trinajstić information content (AvgIpc) is 2.26. The van der Waals surface area contributed by atoms with Gasteiger partial charge in [0, 0.05) is 24.9 Å². The Morgan fingerprint density at radius 3 is 2.65 bits per heavy atom. The Labute approximate surface area is 112 Å². The molecule has 1 aromatic carbocycles. The van der Waals surface area contributed by atoms with E-state index in [0.717, 1.165) is 5.69 Å². The first-order valence-corrected chi connectivity index (χ1v) is 6.03. The van der Waals surface area contributed by atoms with Crippen molar-refractivity contribution in [2.24, 2.45) is 5.73 Å². The van der Waals surface area contributed by atoms with Crippen LogP contribution < -0.4 is 11.1 Å². The molecule has 0 aliphatic carbocycles. The predicted molar refractivity (Wildman–Crippen MR) is 76.9 cm³/mol. The molecule has 17 heavy (non-hydrogen) atoms. The molecule has 0 fully saturated rings. The molecule has 0 aliphatic heterocycles. The van der Waals surface area contributed by atoms with Crippen LogP contribution >= 0.6 is 23.8 Å². The molecule has 94 valence electrons. The molecule has 5 heteroatoms. The SMILES string of the molecule is COC(C)(C)CNc1ccc(C(N)=S)c(Cl)c1. The summed E-state index contributed by atoms with van der Waals surface area (Å²) in [6, 6.07) is 5.51. The summed E-state index contributed by atoms with van der Waals surface area (Å²) < 4.78 is 5.32. The fourth-order valence-electron chi connectivity index (χ4n) is 1.21. The van der Waals surface area contributed by atoms with E-state index in [4.69, 9.17) is 34.3 Å². The molecule has 0 saturated carbocycles. The Hall–Kier alpha value is -0.840. The molecular weight excluding hydrogens is 256 g/mol. The fraction of sp³-hybridized carbons (Fsp3) is 0.417. The van der Waals surface area contributed by atoms with Crippen molar-refractivity contribution in [2.45, 2.75) is 19.4 Å². The van der Waals surface area contributed by atoms with Crippen molar-refractivity contribution >= 4 is 34.5 Å². The van der Waals surface area contributed by atoms with Crippen LogP contribution in [-0.2, 0) is 4.74 Å². The molecule has 0 aliphatic rings. The van der Waals surface area contributed by atoms with Crippen LogP contribution in [0.2, 0.25) is 5.02 Å². The van der Waals surface area contributed by atoms with Crippen molar-refractivity contribution in [3.63, 3.8) is 0 Å². The van der Waals surface area contributed by atoms with Gasteiger partial charge in [-0.3, -0.25) is 0 Å². The van der Waals surface area contributed by atoms with Crippen molar-refractivity contribution in [3.05, 3.63) is 28.8 Å². The lowest BCUT2D eigenvalue weighted by molar-refractivity contribution is 0.0344. The van der Waals surface area contributed by atoms with Crippen LogP contribution in [0.25, 0.3) is 0 Å². The maximum absolute atomic E-state index is 6.07. The highest BCUT2D eigenvalue weighted by molar-refractivity contribution is 7.80. The second-order valence-corrected chi connectivity index (χ2v) is 5.22. The number of hydrogen-bond acceptors (Lipinski definition) is 3. The lowest BCUT2D eigenvalue weighted by Crippen LogP contribution is -2.32. The number of methoxy groups -OCH3 is 1. The number of halogens is 1. The molecule has 3 N–H and O–H groups in total. The highest BCUT2D eigenvalue weighted by Gasteiger charge is 2.15. The van der Waals surface area contributed by atoms with Gasteiger partial charge in [0.05, 0.1) is 10.6 Å². The summed E-state index contributed by atoms with van der Waals surface area (Å²) >= 11 is 11.0. The topological polar surface area (TPSA) is 47.3 Å². The van der Waals surface area contributed by atoms with Gasteiger partial charge in [-0.15, -0.1) is 0 Å². The van der Waals surface area contributed by atoms with Gasteiger partial charge in [0.25, 0.3) is 0 Å². The van der Waals surface area contributed by atoms with Gasteiger partial charge in [-0.2, -0.15) is 0 Å². The molecule has 0 heterocycles. The summed E-state index contributed by atoms with van der Waals surface area (Å²) in [5.41, 5.74) is 6.92. The molecule has 3 nitrogen and oxygen atoms in total. The summed E-state index contributed by atoms with van der Waals surface area (Å²) in [6.07, 6.45) is 0. The molecule has 1 rings (SSSR count). The standard InChI is InChI=1S/C12H17ClN2OS/c1-12(2,16-3)7-15-8-4-5-9(11(14)17)10(13)6-8/h4-6,15H,7H2,1-3H3,(H2,14,17). The minimum atomic E-state index is -0.228. The maximum atomic E-state index is 6.07. The number of benzene rings is 1. The summed E-state index contributed by atoms with van der Waals surface area (Å²) in [5.74, 6) is 0. The van der Waals surface area contributed by atoms with Crippen molar-refractivity contribution in [3.8, 4) is 0 Å². The third-order valence-electron chi connectivity index (χ3n) is 2.51. The van der Waals surface area contributed by atoms with Crippen LogP contribution in [0.3, 0.4) is 0 Å². The molecule has 0 aromatic heterocycles. The number of thiocarbonyl (C=S) groups is 1. The van der Waals surface area contributed by atoms with E-state index in [-0.39, 0.29) is 5.60 Å². The lowest BCUT2D eigenvalue weighted by Gasteiger charge is -2.23. The fourth-order valence-corrected chi connectivity index (χ4v) is 1.73. The Bertz CT molecular complexity index is 421. The van der Waals surface area contributed by atoms with E-state index in [1.165, 1.54) is 0 Å². The average molecular weight is 273 g/mol. The second kappa shape index (κ2) is 5.67. The van der Waals surface area contributed by atoms with Gasteiger partial charge in [0.15, 0.2) is 0 Å². The Morgan fingerprint density at radius 1 is 1.53 bits per heavy atom. The number of nitrogens with two attached hydrogens (primary N) is 1. The van der Waals surface area contributed by atoms with E-state index >= 15 is 0 Å². The number of ether oxygens (including phenoxy) is 1. The molecule has 0 atom stereocenters. The van der Waals surface area contributed by atoms with E-state index in [1.54, 1.807) is 7.11 Å². The molecule has 0 saturated heterocycles. The third-order valence-corrected chi connectivity index (χ3v) is 3.04. The predicted octanol–water partition coefficient (Wildman–Crippen LogP) is 2.81. The number of hydrogen-bond donors (Lipinski definition) is 2. The van der Waals surface area contributed by atoms with E-state index in [1.807, 2.05) is 32.0 Å². The lowest BCUT2D eigenvalue weighted by atomic mass is 10.1. The molecule has 0 bridgehead atoms. The number of nitrogens with one attached hydrogen (secondary N) is 1. The highest BCUT2D eigenvalue weighted by atomic mass is 35.5. The second-order valence-electron chi connectivity index (χ2n) is 4.38. The van der Waals surface area contributed by atoms with E-state index < -0.39 is 0 Å². The normalized spacial score (nSPS) is 11.3. The zero-order valence-electron chi connectivity index (χ0n) is 10.2. The molecular formula is C12H17ClN2OS. The Balaban J connectivity index is 2.75. The quantitative estimate of drug-likeness (QED) is 0.810. The molecule has 0 amide bonds. The minimum absolute atomic E-state index is 0.228. The van der Waals surface area contributed by atoms with Gasteiger partial charge >= 0.3 is 0 Å². The maximum Gasteiger partial charge on any atom is 0.105 e.